The Bertz CT molecular complexity index is 1230. The highest BCUT2D eigenvalue weighted by atomic mass is 32.2. The van der Waals surface area contributed by atoms with E-state index in [1.807, 2.05) is 31.2 Å². The molecule has 2 heterocycles. The summed E-state index contributed by atoms with van der Waals surface area (Å²) in [5, 5.41) is 10.3. The van der Waals surface area contributed by atoms with Crippen molar-refractivity contribution >= 4 is 38.1 Å². The van der Waals surface area contributed by atoms with Crippen LogP contribution < -0.4 is 14.9 Å². The highest BCUT2D eigenvalue weighted by Gasteiger charge is 2.25. The molecule has 0 saturated carbocycles. The lowest BCUT2D eigenvalue weighted by Gasteiger charge is -2.24. The maximum atomic E-state index is 12.6. The zero-order chi connectivity index (χ0) is 22.7. The van der Waals surface area contributed by atoms with Gasteiger partial charge in [-0.3, -0.25) is 10.1 Å². The molecule has 0 saturated heterocycles. The van der Waals surface area contributed by atoms with Crippen LogP contribution in [-0.4, -0.2) is 43.7 Å². The number of hydrogen-bond donors (Lipinski definition) is 2. The molecule has 8 nitrogen and oxygen atoms in total. The number of sulfonamides is 1. The molecule has 0 radical (unpaired) electrons. The number of rotatable bonds is 8. The predicted octanol–water partition coefficient (Wildman–Crippen LogP) is 3.22. The van der Waals surface area contributed by atoms with Gasteiger partial charge in [-0.25, -0.2) is 13.1 Å². The minimum atomic E-state index is -3.79. The second-order valence-corrected chi connectivity index (χ2v) is 10.7. The van der Waals surface area contributed by atoms with Crippen molar-refractivity contribution in [3.8, 4) is 0 Å². The lowest BCUT2D eigenvalue weighted by Crippen LogP contribution is -2.33. The van der Waals surface area contributed by atoms with Gasteiger partial charge >= 0.3 is 0 Å². The number of carbonyl (C=O) groups excluding carboxylic acids is 1. The monoisotopic (exact) mass is 471 g/mol. The molecule has 0 fully saturated rings. The molecule has 32 heavy (non-hydrogen) atoms. The van der Waals surface area contributed by atoms with Gasteiger partial charge < -0.3 is 4.90 Å². The van der Waals surface area contributed by atoms with Crippen molar-refractivity contribution in [2.45, 2.75) is 37.1 Å². The Labute approximate surface area is 191 Å². The Morgan fingerprint density at radius 1 is 1.16 bits per heavy atom. The molecular formula is C22H25N5O3S2. The number of hydrogen-bond acceptors (Lipinski definition) is 7. The average molecular weight is 472 g/mol. The third-order valence-corrected chi connectivity index (χ3v) is 8.13. The molecule has 168 valence electrons. The SMILES string of the molecule is Cc1ccccc1C(=O)Nc1nnc(S(=O)(=O)NCCCN2c3ccccc3CC2C)s1. The first-order valence-corrected chi connectivity index (χ1v) is 12.7. The van der Waals surface area contributed by atoms with Crippen molar-refractivity contribution in [2.75, 3.05) is 23.3 Å². The number of nitrogens with one attached hydrogen (secondary N) is 2. The first kappa shape index (κ1) is 22.4. The summed E-state index contributed by atoms with van der Waals surface area (Å²) in [5.74, 6) is -0.351. The maximum absolute atomic E-state index is 12.6. The van der Waals surface area contributed by atoms with Gasteiger partial charge in [0.1, 0.15) is 0 Å². The predicted molar refractivity (Wildman–Crippen MR) is 126 cm³/mol. The fraction of sp³-hybridized carbons (Fsp3) is 0.318. The Kier molecular flexibility index (Phi) is 6.54. The van der Waals surface area contributed by atoms with E-state index in [9.17, 15) is 13.2 Å². The largest absolute Gasteiger partial charge is 0.368 e. The second kappa shape index (κ2) is 9.35. The zero-order valence-electron chi connectivity index (χ0n) is 17.9. The first-order chi connectivity index (χ1) is 15.3. The smallest absolute Gasteiger partial charge is 0.269 e. The van der Waals surface area contributed by atoms with Crippen molar-refractivity contribution in [3.05, 3.63) is 65.2 Å². The van der Waals surface area contributed by atoms with Crippen LogP contribution in [0.4, 0.5) is 10.8 Å². The Hall–Kier alpha value is -2.82. The maximum Gasteiger partial charge on any atom is 0.269 e. The summed E-state index contributed by atoms with van der Waals surface area (Å²) >= 11 is 0.828. The van der Waals surface area contributed by atoms with Crippen LogP contribution in [0.2, 0.25) is 0 Å². The van der Waals surface area contributed by atoms with Crippen molar-refractivity contribution in [3.63, 3.8) is 0 Å². The molecule has 10 heteroatoms. The van der Waals surface area contributed by atoms with Gasteiger partial charge in [0, 0.05) is 30.4 Å². The number of para-hydroxylation sites is 1. The van der Waals surface area contributed by atoms with E-state index < -0.39 is 10.0 Å². The number of carbonyl (C=O) groups is 1. The molecular weight excluding hydrogens is 446 g/mol. The van der Waals surface area contributed by atoms with Gasteiger partial charge in [0.25, 0.3) is 15.9 Å². The van der Waals surface area contributed by atoms with Crippen LogP contribution in [-0.2, 0) is 16.4 Å². The zero-order valence-corrected chi connectivity index (χ0v) is 19.5. The van der Waals surface area contributed by atoms with Gasteiger partial charge in [-0.15, -0.1) is 10.2 Å². The van der Waals surface area contributed by atoms with E-state index >= 15 is 0 Å². The van der Waals surface area contributed by atoms with E-state index in [-0.39, 0.29) is 21.9 Å². The molecule has 3 aromatic rings. The highest BCUT2D eigenvalue weighted by Crippen LogP contribution is 2.31. The molecule has 0 spiro atoms. The normalized spacial score (nSPS) is 15.6. The molecule has 1 atom stereocenters. The Morgan fingerprint density at radius 3 is 2.72 bits per heavy atom. The molecule has 1 aromatic heterocycles. The van der Waals surface area contributed by atoms with Crippen LogP contribution in [0, 0.1) is 6.92 Å². The number of nitrogens with zero attached hydrogens (tertiary/aromatic N) is 3. The molecule has 1 aliphatic rings. The van der Waals surface area contributed by atoms with E-state index in [0.717, 1.165) is 29.9 Å². The van der Waals surface area contributed by atoms with Crippen LogP contribution in [0.15, 0.2) is 52.9 Å². The lowest BCUT2D eigenvalue weighted by molar-refractivity contribution is 0.102. The van der Waals surface area contributed by atoms with Crippen LogP contribution >= 0.6 is 11.3 Å². The number of fused-ring (bicyclic) bond motifs is 1. The average Bonchev–Trinajstić information content (AvgIpc) is 3.36. The van der Waals surface area contributed by atoms with E-state index in [1.165, 1.54) is 11.3 Å². The molecule has 2 N–H and O–H groups in total. The van der Waals surface area contributed by atoms with Gasteiger partial charge in [0.2, 0.25) is 9.47 Å². The summed E-state index contributed by atoms with van der Waals surface area (Å²) in [4.78, 5) is 14.7. The molecule has 0 aliphatic carbocycles. The third kappa shape index (κ3) is 4.82. The summed E-state index contributed by atoms with van der Waals surface area (Å²) in [7, 11) is -3.79. The number of benzene rings is 2. The quantitative estimate of drug-likeness (QED) is 0.386. The number of aryl methyl sites for hydroxylation is 1. The van der Waals surface area contributed by atoms with Gasteiger partial charge in [-0.1, -0.05) is 47.7 Å². The fourth-order valence-corrected chi connectivity index (χ4v) is 5.86. The summed E-state index contributed by atoms with van der Waals surface area (Å²) < 4.78 is 27.6. The van der Waals surface area contributed by atoms with Crippen LogP contribution in [0.25, 0.3) is 0 Å². The fourth-order valence-electron chi connectivity index (χ4n) is 3.85. The molecule has 1 amide bonds. The van der Waals surface area contributed by atoms with Crippen LogP contribution in [0.3, 0.4) is 0 Å². The van der Waals surface area contributed by atoms with Gasteiger partial charge in [0.05, 0.1) is 0 Å². The van der Waals surface area contributed by atoms with Crippen molar-refractivity contribution < 1.29 is 13.2 Å². The third-order valence-electron chi connectivity index (χ3n) is 5.46. The van der Waals surface area contributed by atoms with E-state index in [1.54, 1.807) is 12.1 Å². The van der Waals surface area contributed by atoms with E-state index in [4.69, 9.17) is 0 Å². The minimum Gasteiger partial charge on any atom is -0.368 e. The molecule has 1 aliphatic heterocycles. The summed E-state index contributed by atoms with van der Waals surface area (Å²) in [6, 6.07) is 15.9. The second-order valence-electron chi connectivity index (χ2n) is 7.77. The van der Waals surface area contributed by atoms with Crippen molar-refractivity contribution in [2.24, 2.45) is 0 Å². The summed E-state index contributed by atoms with van der Waals surface area (Å²) in [5.41, 5.74) is 3.87. The van der Waals surface area contributed by atoms with Crippen molar-refractivity contribution in [1.82, 2.24) is 14.9 Å². The van der Waals surface area contributed by atoms with Crippen LogP contribution in [0.1, 0.15) is 34.8 Å². The Balaban J connectivity index is 1.31. The summed E-state index contributed by atoms with van der Waals surface area (Å²) in [6.07, 6.45) is 1.66. The van der Waals surface area contributed by atoms with Crippen LogP contribution in [0.5, 0.6) is 0 Å². The molecule has 4 rings (SSSR count). The number of aromatic nitrogens is 2. The molecule has 2 aromatic carbocycles. The molecule has 0 bridgehead atoms. The lowest BCUT2D eigenvalue weighted by atomic mass is 10.1. The van der Waals surface area contributed by atoms with Gasteiger partial charge in [-0.2, -0.15) is 0 Å². The van der Waals surface area contributed by atoms with Crippen molar-refractivity contribution in [1.29, 1.82) is 0 Å². The minimum absolute atomic E-state index is 0.140. The highest BCUT2D eigenvalue weighted by molar-refractivity contribution is 7.91. The standard InChI is InChI=1S/C22H25N5O3S2/c1-15-8-3-5-10-18(15)20(28)24-21-25-26-22(31-21)32(29,30)23-12-7-13-27-16(2)14-17-9-4-6-11-19(17)27/h3-6,8-11,16,23H,7,12-14H2,1-2H3,(H,24,25,28). The van der Waals surface area contributed by atoms with E-state index in [2.05, 4.69) is 44.2 Å². The summed E-state index contributed by atoms with van der Waals surface area (Å²) in [6.45, 7) is 5.06. The van der Waals surface area contributed by atoms with Gasteiger partial charge in [0.15, 0.2) is 0 Å². The van der Waals surface area contributed by atoms with E-state index in [0.29, 0.717) is 18.0 Å². The number of amides is 1. The van der Waals surface area contributed by atoms with Gasteiger partial charge in [-0.05, 0) is 49.9 Å². The first-order valence-electron chi connectivity index (χ1n) is 10.4. The Morgan fingerprint density at radius 2 is 1.91 bits per heavy atom. The molecule has 1 unspecified atom stereocenters. The topological polar surface area (TPSA) is 104 Å². The number of anilines is 2.